The lowest BCUT2D eigenvalue weighted by Gasteiger charge is -2.03. The van der Waals surface area contributed by atoms with Crippen molar-refractivity contribution in [2.45, 2.75) is 44.9 Å². The van der Waals surface area contributed by atoms with Gasteiger partial charge in [-0.3, -0.25) is 0 Å². The second-order valence-corrected chi connectivity index (χ2v) is 5.00. The van der Waals surface area contributed by atoms with Crippen LogP contribution in [0.5, 0.6) is 0 Å². The smallest absolute Gasteiger partial charge is 0.0431 e. The normalized spacial score (nSPS) is 15.3. The first kappa shape index (κ1) is 11.7. The molecular weight excluding hydrogens is 196 g/mol. The van der Waals surface area contributed by atoms with Crippen molar-refractivity contribution in [2.24, 2.45) is 5.92 Å². The predicted octanol–water partition coefficient (Wildman–Crippen LogP) is 3.34. The lowest BCUT2D eigenvalue weighted by Crippen LogP contribution is -1.90. The van der Waals surface area contributed by atoms with Crippen molar-refractivity contribution >= 4 is 0 Å². The molecule has 0 atom stereocenters. The van der Waals surface area contributed by atoms with Crippen LogP contribution in [0.1, 0.15) is 43.2 Å². The van der Waals surface area contributed by atoms with Gasteiger partial charge in [0, 0.05) is 6.61 Å². The maximum Gasteiger partial charge on any atom is 0.0431 e. The molecule has 0 aliphatic heterocycles. The molecule has 0 heterocycles. The van der Waals surface area contributed by atoms with Crippen molar-refractivity contribution in [1.82, 2.24) is 0 Å². The minimum Gasteiger partial charge on any atom is -0.396 e. The molecule has 1 N–H and O–H groups in total. The molecule has 1 saturated carbocycles. The molecule has 0 unspecified atom stereocenters. The van der Waals surface area contributed by atoms with Gasteiger partial charge in [0.25, 0.3) is 0 Å². The molecule has 16 heavy (non-hydrogen) atoms. The summed E-state index contributed by atoms with van der Waals surface area (Å²) in [6.45, 7) is 0.334. The molecule has 88 valence electrons. The molecule has 1 aliphatic carbocycles. The minimum absolute atomic E-state index is 0.334. The summed E-state index contributed by atoms with van der Waals surface area (Å²) in [4.78, 5) is 0. The molecule has 0 aromatic heterocycles. The fourth-order valence-electron chi connectivity index (χ4n) is 2.12. The fraction of sp³-hybridized carbons (Fsp3) is 0.600. The standard InChI is InChI=1S/C15H22O/c16-11-3-1-2-4-13-5-7-14(8-6-13)12-15-9-10-15/h5-8,15-16H,1-4,9-12H2. The summed E-state index contributed by atoms with van der Waals surface area (Å²) in [5, 5.41) is 8.69. The molecule has 0 bridgehead atoms. The van der Waals surface area contributed by atoms with Crippen LogP contribution >= 0.6 is 0 Å². The Kier molecular flexibility index (Phi) is 4.41. The number of aryl methyl sites for hydroxylation is 1. The first-order chi connectivity index (χ1) is 7.88. The number of aliphatic hydroxyl groups excluding tert-OH is 1. The second kappa shape index (κ2) is 6.05. The van der Waals surface area contributed by atoms with Crippen molar-refractivity contribution in [2.75, 3.05) is 6.61 Å². The number of aliphatic hydroxyl groups is 1. The van der Waals surface area contributed by atoms with Crippen LogP contribution < -0.4 is 0 Å². The van der Waals surface area contributed by atoms with E-state index in [-0.39, 0.29) is 0 Å². The topological polar surface area (TPSA) is 20.2 Å². The summed E-state index contributed by atoms with van der Waals surface area (Å²) >= 11 is 0. The third-order valence-electron chi connectivity index (χ3n) is 3.37. The monoisotopic (exact) mass is 218 g/mol. The Bertz CT molecular complexity index is 298. The van der Waals surface area contributed by atoms with E-state index in [4.69, 9.17) is 5.11 Å². The largest absolute Gasteiger partial charge is 0.396 e. The lowest BCUT2D eigenvalue weighted by molar-refractivity contribution is 0.283. The van der Waals surface area contributed by atoms with Gasteiger partial charge in [0.2, 0.25) is 0 Å². The zero-order valence-corrected chi connectivity index (χ0v) is 9.99. The predicted molar refractivity (Wildman–Crippen MR) is 67.5 cm³/mol. The molecule has 1 aliphatic rings. The molecule has 1 aromatic rings. The number of unbranched alkanes of at least 4 members (excludes halogenated alkanes) is 2. The quantitative estimate of drug-likeness (QED) is 0.696. The number of hydrogen-bond acceptors (Lipinski definition) is 1. The molecule has 1 nitrogen and oxygen atoms in total. The first-order valence-corrected chi connectivity index (χ1v) is 6.57. The Balaban J connectivity index is 1.72. The van der Waals surface area contributed by atoms with Crippen molar-refractivity contribution in [3.63, 3.8) is 0 Å². The van der Waals surface area contributed by atoms with Gasteiger partial charge in [0.1, 0.15) is 0 Å². The Morgan fingerprint density at radius 1 is 0.938 bits per heavy atom. The molecule has 0 radical (unpaired) electrons. The fourth-order valence-corrected chi connectivity index (χ4v) is 2.12. The van der Waals surface area contributed by atoms with E-state index < -0.39 is 0 Å². The number of hydrogen-bond donors (Lipinski definition) is 1. The molecule has 0 spiro atoms. The second-order valence-electron chi connectivity index (χ2n) is 5.00. The maximum absolute atomic E-state index is 8.69. The van der Waals surface area contributed by atoms with E-state index in [0.29, 0.717) is 6.61 Å². The van der Waals surface area contributed by atoms with Crippen LogP contribution in [0.3, 0.4) is 0 Å². The van der Waals surface area contributed by atoms with E-state index in [1.54, 1.807) is 0 Å². The lowest BCUT2D eigenvalue weighted by atomic mass is 10.0. The van der Waals surface area contributed by atoms with Gasteiger partial charge in [-0.25, -0.2) is 0 Å². The summed E-state index contributed by atoms with van der Waals surface area (Å²) in [5.41, 5.74) is 2.94. The molecule has 0 amide bonds. The maximum atomic E-state index is 8.69. The summed E-state index contributed by atoms with van der Waals surface area (Å²) < 4.78 is 0. The molecule has 0 saturated heterocycles. The molecule has 1 heteroatoms. The average Bonchev–Trinajstić information content (AvgIpc) is 3.11. The van der Waals surface area contributed by atoms with E-state index in [0.717, 1.165) is 25.2 Å². The minimum atomic E-state index is 0.334. The molecular formula is C15H22O. The summed E-state index contributed by atoms with van der Waals surface area (Å²) in [6.07, 6.45) is 8.59. The highest BCUT2D eigenvalue weighted by Crippen LogP contribution is 2.32. The van der Waals surface area contributed by atoms with Crippen LogP contribution in [-0.4, -0.2) is 11.7 Å². The van der Waals surface area contributed by atoms with Crippen molar-refractivity contribution in [3.05, 3.63) is 35.4 Å². The first-order valence-electron chi connectivity index (χ1n) is 6.57. The van der Waals surface area contributed by atoms with Crippen molar-refractivity contribution in [1.29, 1.82) is 0 Å². The van der Waals surface area contributed by atoms with Crippen LogP contribution in [0.4, 0.5) is 0 Å². The average molecular weight is 218 g/mol. The van der Waals surface area contributed by atoms with Gasteiger partial charge < -0.3 is 5.11 Å². The number of benzene rings is 1. The van der Waals surface area contributed by atoms with Crippen LogP contribution in [0.25, 0.3) is 0 Å². The SMILES string of the molecule is OCCCCCc1ccc(CC2CC2)cc1. The number of rotatable bonds is 7. The summed E-state index contributed by atoms with van der Waals surface area (Å²) in [7, 11) is 0. The van der Waals surface area contributed by atoms with Gasteiger partial charge in [-0.15, -0.1) is 0 Å². The van der Waals surface area contributed by atoms with Gasteiger partial charge >= 0.3 is 0 Å². The Labute approximate surface area is 98.5 Å². The van der Waals surface area contributed by atoms with Crippen LogP contribution in [0, 0.1) is 5.92 Å². The van der Waals surface area contributed by atoms with E-state index in [2.05, 4.69) is 24.3 Å². The van der Waals surface area contributed by atoms with Crippen LogP contribution in [-0.2, 0) is 12.8 Å². The van der Waals surface area contributed by atoms with Gasteiger partial charge in [-0.1, -0.05) is 30.7 Å². The highest BCUT2D eigenvalue weighted by molar-refractivity contribution is 5.23. The van der Waals surface area contributed by atoms with Gasteiger partial charge in [-0.2, -0.15) is 0 Å². The molecule has 1 aromatic carbocycles. The van der Waals surface area contributed by atoms with Crippen molar-refractivity contribution < 1.29 is 5.11 Å². The summed E-state index contributed by atoms with van der Waals surface area (Å²) in [6, 6.07) is 9.13. The van der Waals surface area contributed by atoms with E-state index in [1.165, 1.54) is 36.8 Å². The van der Waals surface area contributed by atoms with Crippen LogP contribution in [0.15, 0.2) is 24.3 Å². The third-order valence-corrected chi connectivity index (χ3v) is 3.37. The summed E-state index contributed by atoms with van der Waals surface area (Å²) in [5.74, 6) is 0.982. The van der Waals surface area contributed by atoms with E-state index >= 15 is 0 Å². The van der Waals surface area contributed by atoms with E-state index in [9.17, 15) is 0 Å². The molecule has 1 fully saturated rings. The van der Waals surface area contributed by atoms with Gasteiger partial charge in [-0.05, 0) is 55.6 Å². The van der Waals surface area contributed by atoms with Crippen molar-refractivity contribution in [3.8, 4) is 0 Å². The Hall–Kier alpha value is -0.820. The van der Waals surface area contributed by atoms with Crippen LogP contribution in [0.2, 0.25) is 0 Å². The van der Waals surface area contributed by atoms with Gasteiger partial charge in [0.15, 0.2) is 0 Å². The Morgan fingerprint density at radius 2 is 1.62 bits per heavy atom. The van der Waals surface area contributed by atoms with Gasteiger partial charge in [0.05, 0.1) is 0 Å². The Morgan fingerprint density at radius 3 is 2.25 bits per heavy atom. The highest BCUT2D eigenvalue weighted by Gasteiger charge is 2.20. The molecule has 2 rings (SSSR count). The third kappa shape index (κ3) is 3.97. The highest BCUT2D eigenvalue weighted by atomic mass is 16.2. The zero-order valence-electron chi connectivity index (χ0n) is 9.99. The van der Waals surface area contributed by atoms with E-state index in [1.807, 2.05) is 0 Å². The zero-order chi connectivity index (χ0) is 11.2.